The van der Waals surface area contributed by atoms with Gasteiger partial charge in [-0.1, -0.05) is 17.3 Å². The molecule has 124 valence electrons. The first kappa shape index (κ1) is 17.0. The standard InChI is InChI=1S/C16H20FN3O3/c1-11-10-15(19-23-11)18-16(21)12(2)20(3)8-9-22-14-7-5-4-6-13(14)17/h4-7,10,12H,8-9H2,1-3H3,(H,18,19,21). The number of benzene rings is 1. The second-order valence-electron chi connectivity index (χ2n) is 5.25. The van der Waals surface area contributed by atoms with Crippen LogP contribution < -0.4 is 10.1 Å². The molecule has 0 aliphatic heterocycles. The largest absolute Gasteiger partial charge is 0.489 e. The molecule has 1 atom stereocenters. The van der Waals surface area contributed by atoms with Crippen molar-refractivity contribution in [3.05, 3.63) is 41.9 Å². The van der Waals surface area contributed by atoms with Gasteiger partial charge in [-0.25, -0.2) is 4.39 Å². The Morgan fingerprint density at radius 3 is 2.87 bits per heavy atom. The molecule has 1 amide bonds. The molecule has 1 aromatic carbocycles. The van der Waals surface area contributed by atoms with Crippen molar-refractivity contribution in [3.8, 4) is 5.75 Å². The third-order valence-electron chi connectivity index (χ3n) is 3.46. The van der Waals surface area contributed by atoms with Crippen LogP contribution in [0.15, 0.2) is 34.9 Å². The van der Waals surface area contributed by atoms with Crippen LogP contribution in [0.5, 0.6) is 5.75 Å². The molecule has 2 rings (SSSR count). The lowest BCUT2D eigenvalue weighted by Crippen LogP contribution is -2.41. The number of aromatic nitrogens is 1. The summed E-state index contributed by atoms with van der Waals surface area (Å²) in [5, 5.41) is 6.39. The van der Waals surface area contributed by atoms with Crippen LogP contribution in [0, 0.1) is 12.7 Å². The van der Waals surface area contributed by atoms with E-state index in [1.54, 1.807) is 45.2 Å². The zero-order valence-electron chi connectivity index (χ0n) is 13.4. The minimum absolute atomic E-state index is 0.202. The van der Waals surface area contributed by atoms with Gasteiger partial charge in [-0.3, -0.25) is 9.69 Å². The van der Waals surface area contributed by atoms with Gasteiger partial charge in [-0.05, 0) is 33.0 Å². The summed E-state index contributed by atoms with van der Waals surface area (Å²) in [6.07, 6.45) is 0. The van der Waals surface area contributed by atoms with Gasteiger partial charge in [-0.2, -0.15) is 0 Å². The van der Waals surface area contributed by atoms with E-state index in [4.69, 9.17) is 9.26 Å². The summed E-state index contributed by atoms with van der Waals surface area (Å²) in [5.74, 6) is 0.611. The van der Waals surface area contributed by atoms with E-state index in [1.807, 2.05) is 4.90 Å². The van der Waals surface area contributed by atoms with Crippen LogP contribution >= 0.6 is 0 Å². The van der Waals surface area contributed by atoms with Crippen LogP contribution in [0.4, 0.5) is 10.2 Å². The van der Waals surface area contributed by atoms with Crippen LogP contribution in [-0.4, -0.2) is 42.2 Å². The van der Waals surface area contributed by atoms with E-state index >= 15 is 0 Å². The van der Waals surface area contributed by atoms with Gasteiger partial charge in [-0.15, -0.1) is 0 Å². The number of likely N-dealkylation sites (N-methyl/N-ethyl adjacent to an activating group) is 1. The minimum atomic E-state index is -0.401. The van der Waals surface area contributed by atoms with Gasteiger partial charge in [0.25, 0.3) is 0 Å². The van der Waals surface area contributed by atoms with Crippen LogP contribution in [0.2, 0.25) is 0 Å². The molecular weight excluding hydrogens is 301 g/mol. The Balaban J connectivity index is 1.79. The summed E-state index contributed by atoms with van der Waals surface area (Å²) in [4.78, 5) is 13.9. The molecule has 1 heterocycles. The molecule has 2 aromatic rings. The zero-order chi connectivity index (χ0) is 16.8. The number of aryl methyl sites for hydroxylation is 1. The van der Waals surface area contributed by atoms with Crippen molar-refractivity contribution in [1.29, 1.82) is 0 Å². The van der Waals surface area contributed by atoms with Crippen LogP contribution in [-0.2, 0) is 4.79 Å². The molecule has 1 aromatic heterocycles. The minimum Gasteiger partial charge on any atom is -0.489 e. The molecule has 0 saturated carbocycles. The predicted octanol–water partition coefficient (Wildman–Crippen LogP) is 2.46. The summed E-state index contributed by atoms with van der Waals surface area (Å²) in [7, 11) is 1.79. The van der Waals surface area contributed by atoms with Crippen molar-refractivity contribution in [3.63, 3.8) is 0 Å². The van der Waals surface area contributed by atoms with E-state index < -0.39 is 11.9 Å². The van der Waals surface area contributed by atoms with Gasteiger partial charge in [0, 0.05) is 12.6 Å². The molecule has 7 heteroatoms. The van der Waals surface area contributed by atoms with Gasteiger partial charge < -0.3 is 14.6 Å². The number of carbonyl (C=O) groups excluding carboxylic acids is 1. The Bertz CT molecular complexity index is 660. The number of anilines is 1. The molecule has 0 fully saturated rings. The second kappa shape index (κ2) is 7.73. The van der Waals surface area contributed by atoms with Crippen molar-refractivity contribution < 1.29 is 18.4 Å². The summed E-state index contributed by atoms with van der Waals surface area (Å²) in [6.45, 7) is 4.27. The quantitative estimate of drug-likeness (QED) is 0.848. The molecule has 0 aliphatic carbocycles. The normalized spacial score (nSPS) is 12.2. The van der Waals surface area contributed by atoms with Gasteiger partial charge in [0.15, 0.2) is 17.4 Å². The van der Waals surface area contributed by atoms with Crippen molar-refractivity contribution in [2.45, 2.75) is 19.9 Å². The maximum absolute atomic E-state index is 13.4. The molecule has 0 spiro atoms. The van der Waals surface area contributed by atoms with Crippen molar-refractivity contribution in [2.24, 2.45) is 0 Å². The van der Waals surface area contributed by atoms with Gasteiger partial charge in [0.2, 0.25) is 5.91 Å². The van der Waals surface area contributed by atoms with E-state index in [-0.39, 0.29) is 18.3 Å². The average Bonchev–Trinajstić information content (AvgIpc) is 2.93. The maximum Gasteiger partial charge on any atom is 0.242 e. The molecular formula is C16H20FN3O3. The highest BCUT2D eigenvalue weighted by Crippen LogP contribution is 2.15. The number of hydrogen-bond donors (Lipinski definition) is 1. The fourth-order valence-corrected chi connectivity index (χ4v) is 1.91. The van der Waals surface area contributed by atoms with E-state index in [0.29, 0.717) is 18.1 Å². The van der Waals surface area contributed by atoms with Crippen LogP contribution in [0.3, 0.4) is 0 Å². The summed E-state index contributed by atoms with van der Waals surface area (Å²) in [5.41, 5.74) is 0. The molecule has 0 aliphatic rings. The first-order valence-electron chi connectivity index (χ1n) is 7.29. The van der Waals surface area contributed by atoms with E-state index in [9.17, 15) is 9.18 Å². The first-order valence-corrected chi connectivity index (χ1v) is 7.29. The highest BCUT2D eigenvalue weighted by atomic mass is 19.1. The number of rotatable bonds is 7. The molecule has 1 unspecified atom stereocenters. The fourth-order valence-electron chi connectivity index (χ4n) is 1.91. The Morgan fingerprint density at radius 1 is 1.48 bits per heavy atom. The monoisotopic (exact) mass is 321 g/mol. The number of amides is 1. The lowest BCUT2D eigenvalue weighted by Gasteiger charge is -2.23. The lowest BCUT2D eigenvalue weighted by atomic mass is 10.2. The first-order chi connectivity index (χ1) is 11.0. The number of nitrogens with one attached hydrogen (secondary N) is 1. The summed E-state index contributed by atoms with van der Waals surface area (Å²) in [6, 6.07) is 7.47. The van der Waals surface area contributed by atoms with Crippen LogP contribution in [0.25, 0.3) is 0 Å². The molecule has 0 radical (unpaired) electrons. The van der Waals surface area contributed by atoms with Crippen LogP contribution in [0.1, 0.15) is 12.7 Å². The fraction of sp³-hybridized carbons (Fsp3) is 0.375. The Morgan fingerprint density at radius 2 is 2.22 bits per heavy atom. The number of ether oxygens (including phenoxy) is 1. The summed E-state index contributed by atoms with van der Waals surface area (Å²) < 4.78 is 23.7. The van der Waals surface area contributed by atoms with Gasteiger partial charge in [0.1, 0.15) is 12.4 Å². The smallest absolute Gasteiger partial charge is 0.242 e. The zero-order valence-corrected chi connectivity index (χ0v) is 13.4. The van der Waals surface area contributed by atoms with Gasteiger partial charge in [0.05, 0.1) is 6.04 Å². The van der Waals surface area contributed by atoms with Crippen molar-refractivity contribution >= 4 is 11.7 Å². The molecule has 23 heavy (non-hydrogen) atoms. The Kier molecular flexibility index (Phi) is 5.70. The third-order valence-corrected chi connectivity index (χ3v) is 3.46. The SMILES string of the molecule is Cc1cc(NC(=O)C(C)N(C)CCOc2ccccc2F)no1. The van der Waals surface area contributed by atoms with E-state index in [0.717, 1.165) is 0 Å². The number of nitrogens with zero attached hydrogens (tertiary/aromatic N) is 2. The highest BCUT2D eigenvalue weighted by molar-refractivity contribution is 5.93. The highest BCUT2D eigenvalue weighted by Gasteiger charge is 2.19. The number of halogens is 1. The van der Waals surface area contributed by atoms with Crippen molar-refractivity contribution in [1.82, 2.24) is 10.1 Å². The number of para-hydroxylation sites is 1. The predicted molar refractivity (Wildman–Crippen MR) is 83.9 cm³/mol. The second-order valence-corrected chi connectivity index (χ2v) is 5.25. The Labute approximate surface area is 134 Å². The van der Waals surface area contributed by atoms with E-state index in [2.05, 4.69) is 10.5 Å². The topological polar surface area (TPSA) is 67.6 Å². The molecule has 0 saturated heterocycles. The average molecular weight is 321 g/mol. The molecule has 1 N–H and O–H groups in total. The lowest BCUT2D eigenvalue weighted by molar-refractivity contribution is -0.120. The molecule has 6 nitrogen and oxygen atoms in total. The number of hydrogen-bond acceptors (Lipinski definition) is 5. The van der Waals surface area contributed by atoms with Crippen molar-refractivity contribution in [2.75, 3.05) is 25.5 Å². The maximum atomic E-state index is 13.4. The Hall–Kier alpha value is -2.41. The van der Waals surface area contributed by atoms with Gasteiger partial charge >= 0.3 is 0 Å². The summed E-state index contributed by atoms with van der Waals surface area (Å²) >= 11 is 0. The third kappa shape index (κ3) is 4.79. The number of carbonyl (C=O) groups is 1. The molecule has 0 bridgehead atoms. The van der Waals surface area contributed by atoms with E-state index in [1.165, 1.54) is 6.07 Å².